The molecule has 3 aromatic rings. The number of hydrogen-bond acceptors (Lipinski definition) is 4. The Bertz CT molecular complexity index is 1010. The summed E-state index contributed by atoms with van der Waals surface area (Å²) in [5, 5.41) is 8.19. The van der Waals surface area contributed by atoms with E-state index in [0.29, 0.717) is 26.2 Å². The number of nitrogens with zero attached hydrogens (tertiary/aromatic N) is 6. The average molecular weight is 340 g/mol. The summed E-state index contributed by atoms with van der Waals surface area (Å²) < 4.78 is 5.28. The van der Waals surface area contributed by atoms with Gasteiger partial charge in [0.1, 0.15) is 12.4 Å². The minimum atomic E-state index is -0.145. The Hall–Kier alpha value is -2.90. The van der Waals surface area contributed by atoms with Gasteiger partial charge in [0, 0.05) is 19.6 Å². The van der Waals surface area contributed by atoms with E-state index in [2.05, 4.69) is 10.2 Å². The third-order valence-electron chi connectivity index (χ3n) is 4.83. The van der Waals surface area contributed by atoms with Crippen LogP contribution < -0.4 is 5.69 Å². The highest BCUT2D eigenvalue weighted by molar-refractivity contribution is 5.81. The van der Waals surface area contributed by atoms with Crippen molar-refractivity contribution in [1.29, 1.82) is 0 Å². The lowest BCUT2D eigenvalue weighted by Gasteiger charge is -2.27. The predicted molar refractivity (Wildman–Crippen MR) is 92.0 cm³/mol. The summed E-state index contributed by atoms with van der Waals surface area (Å²) in [4.78, 5) is 27.2. The van der Waals surface area contributed by atoms with Crippen molar-refractivity contribution in [1.82, 2.24) is 28.8 Å². The molecule has 8 nitrogen and oxygen atoms in total. The first-order valence-electron chi connectivity index (χ1n) is 8.44. The molecule has 0 spiro atoms. The zero-order valence-electron chi connectivity index (χ0n) is 14.3. The van der Waals surface area contributed by atoms with Gasteiger partial charge in [-0.1, -0.05) is 12.1 Å². The molecular weight excluding hydrogens is 320 g/mol. The molecule has 0 saturated heterocycles. The first kappa shape index (κ1) is 15.6. The number of para-hydroxylation sites is 2. The molecule has 0 fully saturated rings. The molecule has 8 heteroatoms. The highest BCUT2D eigenvalue weighted by Gasteiger charge is 2.24. The van der Waals surface area contributed by atoms with Gasteiger partial charge in [-0.05, 0) is 26.0 Å². The standard InChI is InChI=1S/C17H20N6O2/c1-3-21-13-6-4-5-7-14(13)23(17(21)25)11-16(24)20-8-9-22-12(2)18-19-15(22)10-20/h4-7H,3,8-11H2,1-2H3. The van der Waals surface area contributed by atoms with Crippen molar-refractivity contribution in [3.63, 3.8) is 0 Å². The summed E-state index contributed by atoms with van der Waals surface area (Å²) in [6.45, 7) is 6.18. The molecule has 0 N–H and O–H groups in total. The Morgan fingerprint density at radius 2 is 1.84 bits per heavy atom. The first-order chi connectivity index (χ1) is 12.1. The molecule has 0 atom stereocenters. The van der Waals surface area contributed by atoms with Crippen molar-refractivity contribution in [2.75, 3.05) is 6.54 Å². The lowest BCUT2D eigenvalue weighted by atomic mass is 10.3. The second-order valence-electron chi connectivity index (χ2n) is 6.23. The summed E-state index contributed by atoms with van der Waals surface area (Å²) in [5.74, 6) is 1.58. The van der Waals surface area contributed by atoms with Gasteiger partial charge in [0.15, 0.2) is 5.82 Å². The van der Waals surface area contributed by atoms with Crippen LogP contribution in [0.4, 0.5) is 0 Å². The molecule has 0 bridgehead atoms. The summed E-state index contributed by atoms with van der Waals surface area (Å²) >= 11 is 0. The predicted octanol–water partition coefficient (Wildman–Crippen LogP) is 0.765. The number of carbonyl (C=O) groups excluding carboxylic acids is 1. The minimum absolute atomic E-state index is 0.0411. The Labute approximate surface area is 144 Å². The lowest BCUT2D eigenvalue weighted by Crippen LogP contribution is -2.41. The first-order valence-corrected chi connectivity index (χ1v) is 8.44. The maximum atomic E-state index is 12.8. The zero-order valence-corrected chi connectivity index (χ0v) is 14.3. The van der Waals surface area contributed by atoms with Crippen LogP contribution in [0.25, 0.3) is 11.0 Å². The molecule has 1 aliphatic rings. The molecule has 2 aromatic heterocycles. The van der Waals surface area contributed by atoms with Crippen LogP contribution >= 0.6 is 0 Å². The smallest absolute Gasteiger partial charge is 0.329 e. The molecule has 1 amide bonds. The molecule has 3 heterocycles. The van der Waals surface area contributed by atoms with Gasteiger partial charge in [-0.25, -0.2) is 4.79 Å². The number of imidazole rings is 1. The van der Waals surface area contributed by atoms with Crippen LogP contribution in [0.15, 0.2) is 29.1 Å². The van der Waals surface area contributed by atoms with Crippen LogP contribution in [0.1, 0.15) is 18.6 Å². The van der Waals surface area contributed by atoms with Crippen molar-refractivity contribution >= 4 is 16.9 Å². The molecule has 1 aliphatic heterocycles. The van der Waals surface area contributed by atoms with Crippen LogP contribution in [-0.4, -0.2) is 41.3 Å². The van der Waals surface area contributed by atoms with Crippen molar-refractivity contribution in [3.8, 4) is 0 Å². The molecule has 4 rings (SSSR count). The van der Waals surface area contributed by atoms with E-state index in [0.717, 1.165) is 22.7 Å². The fourth-order valence-electron chi connectivity index (χ4n) is 3.48. The monoisotopic (exact) mass is 340 g/mol. The Morgan fingerprint density at radius 1 is 1.12 bits per heavy atom. The second-order valence-corrected chi connectivity index (χ2v) is 6.23. The van der Waals surface area contributed by atoms with E-state index < -0.39 is 0 Å². The fourth-order valence-corrected chi connectivity index (χ4v) is 3.48. The number of benzene rings is 1. The van der Waals surface area contributed by atoms with Gasteiger partial charge >= 0.3 is 5.69 Å². The molecule has 0 radical (unpaired) electrons. The molecule has 1 aromatic carbocycles. The van der Waals surface area contributed by atoms with E-state index in [1.54, 1.807) is 14.0 Å². The van der Waals surface area contributed by atoms with Gasteiger partial charge in [0.05, 0.1) is 17.6 Å². The number of aromatic nitrogens is 5. The molecule has 25 heavy (non-hydrogen) atoms. The van der Waals surface area contributed by atoms with Crippen molar-refractivity contribution in [2.45, 2.75) is 40.0 Å². The van der Waals surface area contributed by atoms with E-state index in [1.165, 1.54) is 0 Å². The molecule has 0 saturated carbocycles. The van der Waals surface area contributed by atoms with Gasteiger partial charge in [-0.2, -0.15) is 0 Å². The van der Waals surface area contributed by atoms with Crippen molar-refractivity contribution in [2.24, 2.45) is 0 Å². The topological polar surface area (TPSA) is 78.0 Å². The van der Waals surface area contributed by atoms with Crippen molar-refractivity contribution < 1.29 is 4.79 Å². The second kappa shape index (κ2) is 5.87. The van der Waals surface area contributed by atoms with Crippen LogP contribution in [-0.2, 0) is 31.0 Å². The summed E-state index contributed by atoms with van der Waals surface area (Å²) in [6, 6.07) is 7.58. The van der Waals surface area contributed by atoms with E-state index >= 15 is 0 Å². The largest absolute Gasteiger partial charge is 0.332 e. The molecule has 0 aliphatic carbocycles. The lowest BCUT2D eigenvalue weighted by molar-refractivity contribution is -0.133. The number of carbonyl (C=O) groups is 1. The van der Waals surface area contributed by atoms with Gasteiger partial charge in [-0.15, -0.1) is 10.2 Å². The SMILES string of the molecule is CCn1c(=O)n(CC(=O)N2CCn3c(C)nnc3C2)c2ccccc21. The molecule has 0 unspecified atom stereocenters. The van der Waals surface area contributed by atoms with Crippen LogP contribution in [0.5, 0.6) is 0 Å². The van der Waals surface area contributed by atoms with Gasteiger partial charge < -0.3 is 9.47 Å². The summed E-state index contributed by atoms with van der Waals surface area (Å²) in [6.07, 6.45) is 0. The van der Waals surface area contributed by atoms with Crippen LogP contribution in [0.3, 0.4) is 0 Å². The number of hydrogen-bond donors (Lipinski definition) is 0. The van der Waals surface area contributed by atoms with Crippen LogP contribution in [0, 0.1) is 6.92 Å². The number of rotatable bonds is 3. The van der Waals surface area contributed by atoms with Gasteiger partial charge in [0.25, 0.3) is 0 Å². The third kappa shape index (κ3) is 2.45. The molecule has 130 valence electrons. The highest BCUT2D eigenvalue weighted by Crippen LogP contribution is 2.15. The fraction of sp³-hybridized carbons (Fsp3) is 0.412. The number of fused-ring (bicyclic) bond motifs is 2. The zero-order chi connectivity index (χ0) is 17.6. The Kier molecular flexibility index (Phi) is 3.67. The third-order valence-corrected chi connectivity index (χ3v) is 4.83. The van der Waals surface area contributed by atoms with E-state index in [9.17, 15) is 9.59 Å². The average Bonchev–Trinajstić information content (AvgIpc) is 3.13. The Balaban J connectivity index is 1.63. The maximum absolute atomic E-state index is 12.8. The summed E-state index contributed by atoms with van der Waals surface area (Å²) in [5.41, 5.74) is 1.50. The summed E-state index contributed by atoms with van der Waals surface area (Å²) in [7, 11) is 0. The number of amides is 1. The van der Waals surface area contributed by atoms with Gasteiger partial charge in [0.2, 0.25) is 5.91 Å². The van der Waals surface area contributed by atoms with Gasteiger partial charge in [-0.3, -0.25) is 13.9 Å². The minimum Gasteiger partial charge on any atom is -0.332 e. The Morgan fingerprint density at radius 3 is 2.56 bits per heavy atom. The quantitative estimate of drug-likeness (QED) is 0.705. The maximum Gasteiger partial charge on any atom is 0.329 e. The molecular formula is C17H20N6O2. The highest BCUT2D eigenvalue weighted by atomic mass is 16.2. The number of aryl methyl sites for hydroxylation is 2. The van der Waals surface area contributed by atoms with Crippen LogP contribution in [0.2, 0.25) is 0 Å². The van der Waals surface area contributed by atoms with E-state index in [1.807, 2.05) is 42.7 Å². The van der Waals surface area contributed by atoms with E-state index in [-0.39, 0.29) is 18.1 Å². The normalized spacial score (nSPS) is 14.1. The van der Waals surface area contributed by atoms with E-state index in [4.69, 9.17) is 0 Å². The van der Waals surface area contributed by atoms with Crippen molar-refractivity contribution in [3.05, 3.63) is 46.4 Å².